The lowest BCUT2D eigenvalue weighted by Crippen LogP contribution is -2.34. The average molecular weight is 375 g/mol. The van der Waals surface area contributed by atoms with Gasteiger partial charge in [0.25, 0.3) is 11.8 Å². The average Bonchev–Trinajstić information content (AvgIpc) is 3.15. The van der Waals surface area contributed by atoms with E-state index >= 15 is 0 Å². The minimum atomic E-state index is -0.293. The van der Waals surface area contributed by atoms with Crippen molar-refractivity contribution in [2.75, 3.05) is 31.5 Å². The van der Waals surface area contributed by atoms with Crippen LogP contribution in [-0.4, -0.2) is 53.1 Å². The van der Waals surface area contributed by atoms with Crippen molar-refractivity contribution in [3.05, 3.63) is 39.8 Å². The monoisotopic (exact) mass is 375 g/mol. The van der Waals surface area contributed by atoms with Crippen LogP contribution in [0.25, 0.3) is 0 Å². The summed E-state index contributed by atoms with van der Waals surface area (Å²) in [6.45, 7) is 9.54. The van der Waals surface area contributed by atoms with Crippen LogP contribution < -0.4 is 10.6 Å². The van der Waals surface area contributed by atoms with Gasteiger partial charge in [0.05, 0.1) is 0 Å². The molecule has 2 aromatic rings. The zero-order valence-corrected chi connectivity index (χ0v) is 16.2. The first-order valence-electron chi connectivity index (χ1n) is 8.81. The summed E-state index contributed by atoms with van der Waals surface area (Å²) < 4.78 is 0. The van der Waals surface area contributed by atoms with Gasteiger partial charge in [0, 0.05) is 24.3 Å². The van der Waals surface area contributed by atoms with Crippen molar-refractivity contribution in [2.45, 2.75) is 27.2 Å². The molecule has 0 aliphatic heterocycles. The summed E-state index contributed by atoms with van der Waals surface area (Å²) in [5, 5.41) is 14.7. The molecule has 0 bridgehead atoms. The van der Waals surface area contributed by atoms with Crippen molar-refractivity contribution < 1.29 is 9.59 Å². The van der Waals surface area contributed by atoms with Crippen LogP contribution >= 0.6 is 11.3 Å². The van der Waals surface area contributed by atoms with Crippen molar-refractivity contribution in [1.29, 1.82) is 0 Å². The molecule has 1 aromatic heterocycles. The van der Waals surface area contributed by atoms with Crippen LogP contribution in [0, 0.1) is 0 Å². The van der Waals surface area contributed by atoms with Gasteiger partial charge < -0.3 is 15.5 Å². The number of carbonyl (C=O) groups is 2. The molecular formula is C18H25N5O2S. The number of hydrogen-bond acceptors (Lipinski definition) is 6. The molecular weight excluding hydrogens is 350 g/mol. The third-order valence-corrected chi connectivity index (χ3v) is 5.04. The fourth-order valence-electron chi connectivity index (χ4n) is 2.35. The predicted molar refractivity (Wildman–Crippen MR) is 104 cm³/mol. The van der Waals surface area contributed by atoms with Crippen LogP contribution in [-0.2, 0) is 6.42 Å². The zero-order chi connectivity index (χ0) is 18.9. The summed E-state index contributed by atoms with van der Waals surface area (Å²) in [6.07, 6.45) is 0.753. The normalized spacial score (nSPS) is 10.8. The minimum Gasteiger partial charge on any atom is -0.351 e. The zero-order valence-electron chi connectivity index (χ0n) is 15.4. The fourth-order valence-corrected chi connectivity index (χ4v) is 3.02. The SMILES string of the molecule is CCc1nnc(C(=O)Nc2ccc(C(=O)NCCN(CC)CC)cc2)s1. The first-order chi connectivity index (χ1) is 12.6. The Balaban J connectivity index is 1.87. The van der Waals surface area contributed by atoms with Crippen LogP contribution in [0.1, 0.15) is 45.9 Å². The molecule has 140 valence electrons. The van der Waals surface area contributed by atoms with Gasteiger partial charge in [0.1, 0.15) is 5.01 Å². The molecule has 0 saturated carbocycles. The Labute approximate surface area is 157 Å². The molecule has 2 N–H and O–H groups in total. The summed E-state index contributed by atoms with van der Waals surface area (Å²) in [7, 11) is 0. The lowest BCUT2D eigenvalue weighted by Gasteiger charge is -2.17. The van der Waals surface area contributed by atoms with Gasteiger partial charge in [-0.05, 0) is 43.8 Å². The third-order valence-electron chi connectivity index (χ3n) is 3.98. The van der Waals surface area contributed by atoms with Gasteiger partial charge in [-0.3, -0.25) is 9.59 Å². The minimum absolute atomic E-state index is 0.119. The highest BCUT2D eigenvalue weighted by Gasteiger charge is 2.13. The molecule has 1 aromatic carbocycles. The molecule has 0 spiro atoms. The second kappa shape index (κ2) is 9.98. The molecule has 1 heterocycles. The van der Waals surface area contributed by atoms with Gasteiger partial charge in [-0.25, -0.2) is 0 Å². The highest BCUT2D eigenvalue weighted by molar-refractivity contribution is 7.13. The van der Waals surface area contributed by atoms with E-state index in [9.17, 15) is 9.59 Å². The van der Waals surface area contributed by atoms with E-state index < -0.39 is 0 Å². The maximum absolute atomic E-state index is 12.2. The van der Waals surface area contributed by atoms with Crippen LogP contribution in [0.3, 0.4) is 0 Å². The first-order valence-corrected chi connectivity index (χ1v) is 9.63. The standard InChI is InChI=1S/C18H25N5O2S/c1-4-15-21-22-18(26-15)17(25)20-14-9-7-13(8-10-14)16(24)19-11-12-23(5-2)6-3/h7-10H,4-6,11-12H2,1-3H3,(H,19,24)(H,20,25). The number of nitrogens with one attached hydrogen (secondary N) is 2. The lowest BCUT2D eigenvalue weighted by atomic mass is 10.2. The van der Waals surface area contributed by atoms with Crippen LogP contribution in [0.2, 0.25) is 0 Å². The van der Waals surface area contributed by atoms with Gasteiger partial charge in [-0.2, -0.15) is 0 Å². The van der Waals surface area contributed by atoms with E-state index in [2.05, 4.69) is 39.6 Å². The van der Waals surface area contributed by atoms with E-state index in [1.165, 1.54) is 11.3 Å². The van der Waals surface area contributed by atoms with E-state index in [0.717, 1.165) is 31.1 Å². The summed E-state index contributed by atoms with van der Waals surface area (Å²) >= 11 is 1.28. The van der Waals surface area contributed by atoms with E-state index in [0.29, 0.717) is 22.8 Å². The highest BCUT2D eigenvalue weighted by Crippen LogP contribution is 2.14. The molecule has 0 radical (unpaired) electrons. The Morgan fingerprint density at radius 1 is 1.04 bits per heavy atom. The summed E-state index contributed by atoms with van der Waals surface area (Å²) in [6, 6.07) is 6.80. The molecule has 0 fully saturated rings. The molecule has 0 aliphatic carbocycles. The summed E-state index contributed by atoms with van der Waals surface area (Å²) in [4.78, 5) is 26.5. The number of likely N-dealkylation sites (N-methyl/N-ethyl adjacent to an activating group) is 1. The number of rotatable bonds is 9. The number of amides is 2. The molecule has 0 aliphatic rings. The maximum Gasteiger partial charge on any atom is 0.286 e. The van der Waals surface area contributed by atoms with E-state index in [4.69, 9.17) is 0 Å². The lowest BCUT2D eigenvalue weighted by molar-refractivity contribution is 0.0948. The number of carbonyl (C=O) groups excluding carboxylic acids is 2. The molecule has 2 rings (SSSR count). The number of hydrogen-bond donors (Lipinski definition) is 2. The highest BCUT2D eigenvalue weighted by atomic mass is 32.1. The second-order valence-corrected chi connectivity index (χ2v) is 6.73. The Bertz CT molecular complexity index is 725. The quantitative estimate of drug-likeness (QED) is 0.703. The van der Waals surface area contributed by atoms with Gasteiger partial charge in [-0.1, -0.05) is 32.1 Å². The van der Waals surface area contributed by atoms with Crippen molar-refractivity contribution >= 4 is 28.8 Å². The van der Waals surface area contributed by atoms with Crippen molar-refractivity contribution in [2.24, 2.45) is 0 Å². The van der Waals surface area contributed by atoms with Crippen molar-refractivity contribution in [1.82, 2.24) is 20.4 Å². The number of benzene rings is 1. The maximum atomic E-state index is 12.2. The summed E-state index contributed by atoms with van der Waals surface area (Å²) in [5.74, 6) is -0.412. The van der Waals surface area contributed by atoms with E-state index in [-0.39, 0.29) is 11.8 Å². The van der Waals surface area contributed by atoms with Crippen molar-refractivity contribution in [3.8, 4) is 0 Å². The molecule has 26 heavy (non-hydrogen) atoms. The Morgan fingerprint density at radius 2 is 1.73 bits per heavy atom. The second-order valence-electron chi connectivity index (χ2n) is 5.67. The van der Waals surface area contributed by atoms with Crippen molar-refractivity contribution in [3.63, 3.8) is 0 Å². The number of nitrogens with zero attached hydrogens (tertiary/aromatic N) is 3. The molecule has 0 atom stereocenters. The Kier molecular flexibility index (Phi) is 7.68. The fraction of sp³-hybridized carbons (Fsp3) is 0.444. The van der Waals surface area contributed by atoms with Crippen LogP contribution in [0.4, 0.5) is 5.69 Å². The molecule has 0 unspecified atom stereocenters. The summed E-state index contributed by atoms with van der Waals surface area (Å²) in [5.41, 5.74) is 1.18. The predicted octanol–water partition coefficient (Wildman–Crippen LogP) is 2.42. The number of aryl methyl sites for hydroxylation is 1. The molecule has 8 heteroatoms. The van der Waals surface area contributed by atoms with E-state index in [1.54, 1.807) is 24.3 Å². The van der Waals surface area contributed by atoms with Gasteiger partial charge >= 0.3 is 0 Å². The number of anilines is 1. The third kappa shape index (κ3) is 5.60. The van der Waals surface area contributed by atoms with Crippen LogP contribution in [0.5, 0.6) is 0 Å². The molecule has 2 amide bonds. The van der Waals surface area contributed by atoms with Gasteiger partial charge in [-0.15, -0.1) is 10.2 Å². The Morgan fingerprint density at radius 3 is 2.31 bits per heavy atom. The largest absolute Gasteiger partial charge is 0.351 e. The van der Waals surface area contributed by atoms with Gasteiger partial charge in [0.2, 0.25) is 5.01 Å². The number of aromatic nitrogens is 2. The van der Waals surface area contributed by atoms with E-state index in [1.807, 2.05) is 6.92 Å². The first kappa shape index (κ1) is 20.0. The smallest absolute Gasteiger partial charge is 0.286 e. The van der Waals surface area contributed by atoms with Crippen LogP contribution in [0.15, 0.2) is 24.3 Å². The molecule has 0 saturated heterocycles. The Hall–Kier alpha value is -2.32. The topological polar surface area (TPSA) is 87.2 Å². The molecule has 7 nitrogen and oxygen atoms in total. The van der Waals surface area contributed by atoms with Gasteiger partial charge in [0.15, 0.2) is 0 Å².